The van der Waals surface area contributed by atoms with Crippen LogP contribution in [-0.2, 0) is 0 Å². The second-order valence-electron chi connectivity index (χ2n) is 5.68. The summed E-state index contributed by atoms with van der Waals surface area (Å²) in [6.07, 6.45) is 4.77. The summed E-state index contributed by atoms with van der Waals surface area (Å²) in [5.74, 6) is -0.0206. The van der Waals surface area contributed by atoms with Crippen LogP contribution in [0.1, 0.15) is 12.1 Å². The maximum atomic E-state index is 12.4. The number of halogens is 1. The SMILES string of the molecule is C=CCCOc1nc(NC(=O)Nc2cc(Cl)c([N+](=O)[O-])cc2OCC=C)cnc1C#N. The molecule has 2 N–H and O–H groups in total. The maximum Gasteiger partial charge on any atom is 0.325 e. The Kier molecular flexibility index (Phi) is 8.30. The lowest BCUT2D eigenvalue weighted by Gasteiger charge is -2.13. The van der Waals surface area contributed by atoms with Gasteiger partial charge in [-0.25, -0.2) is 9.78 Å². The zero-order valence-corrected chi connectivity index (χ0v) is 16.9. The van der Waals surface area contributed by atoms with Crippen molar-refractivity contribution in [2.45, 2.75) is 6.42 Å². The second-order valence-corrected chi connectivity index (χ2v) is 6.09. The van der Waals surface area contributed by atoms with Crippen LogP contribution in [0.2, 0.25) is 5.02 Å². The first-order valence-electron chi connectivity index (χ1n) is 8.70. The van der Waals surface area contributed by atoms with E-state index in [9.17, 15) is 14.9 Å². The molecule has 0 spiro atoms. The number of ether oxygens (including phenoxy) is 2. The number of benzene rings is 1. The third-order valence-electron chi connectivity index (χ3n) is 3.50. The van der Waals surface area contributed by atoms with Crippen LogP contribution in [0, 0.1) is 21.4 Å². The van der Waals surface area contributed by atoms with Crippen molar-refractivity contribution in [1.29, 1.82) is 5.26 Å². The Morgan fingerprint density at radius 3 is 2.74 bits per heavy atom. The molecule has 0 unspecified atom stereocenters. The first-order chi connectivity index (χ1) is 14.9. The summed E-state index contributed by atoms with van der Waals surface area (Å²) in [7, 11) is 0. The topological polar surface area (TPSA) is 152 Å². The number of carbonyl (C=O) groups excluding carboxylic acids is 1. The van der Waals surface area contributed by atoms with Gasteiger partial charge in [0, 0.05) is 0 Å². The summed E-state index contributed by atoms with van der Waals surface area (Å²) in [5.41, 5.74) is -0.345. The van der Waals surface area contributed by atoms with Crippen molar-refractivity contribution >= 4 is 34.8 Å². The number of anilines is 2. The van der Waals surface area contributed by atoms with E-state index in [0.29, 0.717) is 6.42 Å². The van der Waals surface area contributed by atoms with Crippen molar-refractivity contribution in [2.24, 2.45) is 0 Å². The van der Waals surface area contributed by atoms with E-state index in [1.54, 1.807) is 6.08 Å². The molecule has 0 fully saturated rings. The van der Waals surface area contributed by atoms with Gasteiger partial charge in [-0.1, -0.05) is 30.3 Å². The van der Waals surface area contributed by atoms with Gasteiger partial charge in [-0.3, -0.25) is 15.4 Å². The molecule has 0 atom stereocenters. The number of amides is 2. The van der Waals surface area contributed by atoms with Gasteiger partial charge in [-0.15, -0.1) is 6.58 Å². The number of urea groups is 1. The molecule has 0 aliphatic carbocycles. The minimum absolute atomic E-state index is 0.00618. The maximum absolute atomic E-state index is 12.4. The molecule has 2 rings (SSSR count). The minimum atomic E-state index is -0.760. The van der Waals surface area contributed by atoms with Crippen molar-refractivity contribution in [1.82, 2.24) is 9.97 Å². The molecule has 0 radical (unpaired) electrons. The number of nitro groups is 1. The molecule has 12 heteroatoms. The first kappa shape index (κ1) is 23.1. The van der Waals surface area contributed by atoms with E-state index in [2.05, 4.69) is 33.8 Å². The van der Waals surface area contributed by atoms with Crippen molar-refractivity contribution in [2.75, 3.05) is 23.8 Å². The Morgan fingerprint density at radius 2 is 2.10 bits per heavy atom. The lowest BCUT2D eigenvalue weighted by molar-refractivity contribution is -0.384. The Bertz CT molecular complexity index is 1050. The van der Waals surface area contributed by atoms with Gasteiger partial charge >= 0.3 is 6.03 Å². The molecule has 0 aliphatic rings. The van der Waals surface area contributed by atoms with Gasteiger partial charge in [0.2, 0.25) is 5.69 Å². The van der Waals surface area contributed by atoms with Crippen molar-refractivity contribution in [3.63, 3.8) is 0 Å². The molecule has 2 aromatic rings. The number of hydrogen-bond acceptors (Lipinski definition) is 8. The Labute approximate surface area is 182 Å². The number of nitrogens with zero attached hydrogens (tertiary/aromatic N) is 4. The molecule has 0 bridgehead atoms. The fourth-order valence-electron chi connectivity index (χ4n) is 2.17. The standard InChI is InChI=1S/C19H17ClN6O5/c1-3-5-7-31-18-14(10-21)22-11-17(24-18)25-19(27)23-13-8-12(20)15(26(28)29)9-16(13)30-6-4-2/h3-4,8-9,11H,1-2,5-7H2,(H2,23,24,25,27). The van der Waals surface area contributed by atoms with Crippen LogP contribution >= 0.6 is 11.6 Å². The molecular weight excluding hydrogens is 428 g/mol. The Hall–Kier alpha value is -4.17. The van der Waals surface area contributed by atoms with Gasteiger partial charge in [0.1, 0.15) is 23.4 Å². The van der Waals surface area contributed by atoms with Crippen molar-refractivity contribution in [3.05, 3.63) is 64.5 Å². The average molecular weight is 445 g/mol. The highest BCUT2D eigenvalue weighted by Gasteiger charge is 2.19. The van der Waals surface area contributed by atoms with Crippen LogP contribution in [0.15, 0.2) is 43.6 Å². The summed E-state index contributed by atoms with van der Waals surface area (Å²) >= 11 is 5.92. The molecule has 2 amide bonds. The predicted molar refractivity (Wildman–Crippen MR) is 113 cm³/mol. The normalized spacial score (nSPS) is 9.81. The Balaban J connectivity index is 2.21. The van der Waals surface area contributed by atoms with Crippen LogP contribution in [0.4, 0.5) is 22.0 Å². The largest absolute Gasteiger partial charge is 0.487 e. The number of rotatable bonds is 10. The number of hydrogen-bond donors (Lipinski definition) is 2. The second kappa shape index (κ2) is 11.1. The summed E-state index contributed by atoms with van der Waals surface area (Å²) in [4.78, 5) is 30.8. The molecule has 0 aliphatic heterocycles. The van der Waals surface area contributed by atoms with E-state index < -0.39 is 11.0 Å². The fourth-order valence-corrected chi connectivity index (χ4v) is 2.40. The summed E-state index contributed by atoms with van der Waals surface area (Å²) in [5, 5.41) is 24.9. The van der Waals surface area contributed by atoms with Gasteiger partial charge in [0.15, 0.2) is 5.82 Å². The monoisotopic (exact) mass is 444 g/mol. The van der Waals surface area contributed by atoms with Crippen LogP contribution in [0.25, 0.3) is 0 Å². The van der Waals surface area contributed by atoms with E-state index >= 15 is 0 Å². The molecular formula is C19H17ClN6O5. The number of carbonyl (C=O) groups is 1. The van der Waals surface area contributed by atoms with Gasteiger partial charge in [0.05, 0.1) is 29.5 Å². The third kappa shape index (κ3) is 6.41. The zero-order chi connectivity index (χ0) is 22.8. The molecule has 1 aromatic carbocycles. The number of nitrogens with one attached hydrogen (secondary N) is 2. The van der Waals surface area contributed by atoms with Crippen LogP contribution < -0.4 is 20.1 Å². The van der Waals surface area contributed by atoms with Crippen LogP contribution in [-0.4, -0.2) is 34.1 Å². The molecule has 31 heavy (non-hydrogen) atoms. The summed E-state index contributed by atoms with van der Waals surface area (Å²) in [6, 6.07) is 3.36. The summed E-state index contributed by atoms with van der Waals surface area (Å²) in [6.45, 7) is 7.35. The van der Waals surface area contributed by atoms with Crippen LogP contribution in [0.3, 0.4) is 0 Å². The molecule has 1 aromatic heterocycles. The van der Waals surface area contributed by atoms with E-state index in [1.807, 2.05) is 6.07 Å². The average Bonchev–Trinajstić information content (AvgIpc) is 2.73. The number of aromatic nitrogens is 2. The number of nitro benzene ring substituents is 1. The molecule has 11 nitrogen and oxygen atoms in total. The fraction of sp³-hybridized carbons (Fsp3) is 0.158. The quantitative estimate of drug-likeness (QED) is 0.240. The van der Waals surface area contributed by atoms with Crippen molar-refractivity contribution in [3.8, 4) is 17.7 Å². The Morgan fingerprint density at radius 1 is 1.32 bits per heavy atom. The van der Waals surface area contributed by atoms with Gasteiger partial charge < -0.3 is 14.8 Å². The molecule has 160 valence electrons. The highest BCUT2D eigenvalue weighted by atomic mass is 35.5. The highest BCUT2D eigenvalue weighted by molar-refractivity contribution is 6.33. The number of nitriles is 1. The zero-order valence-electron chi connectivity index (χ0n) is 16.1. The smallest absolute Gasteiger partial charge is 0.325 e. The summed E-state index contributed by atoms with van der Waals surface area (Å²) < 4.78 is 10.7. The van der Waals surface area contributed by atoms with Crippen molar-refractivity contribution < 1.29 is 19.2 Å². The molecule has 0 saturated carbocycles. The molecule has 0 saturated heterocycles. The van der Waals surface area contributed by atoms with E-state index in [0.717, 1.165) is 6.07 Å². The van der Waals surface area contributed by atoms with E-state index in [4.69, 9.17) is 26.3 Å². The first-order valence-corrected chi connectivity index (χ1v) is 9.07. The van der Waals surface area contributed by atoms with Crippen LogP contribution in [0.5, 0.6) is 11.6 Å². The van der Waals surface area contributed by atoms with E-state index in [-0.39, 0.29) is 52.8 Å². The van der Waals surface area contributed by atoms with Gasteiger partial charge in [0.25, 0.3) is 11.6 Å². The predicted octanol–water partition coefficient (Wildman–Crippen LogP) is 4.07. The lowest BCUT2D eigenvalue weighted by atomic mass is 10.2. The molecule has 1 heterocycles. The minimum Gasteiger partial charge on any atom is -0.487 e. The third-order valence-corrected chi connectivity index (χ3v) is 3.80. The van der Waals surface area contributed by atoms with E-state index in [1.165, 1.54) is 18.3 Å². The highest BCUT2D eigenvalue weighted by Crippen LogP contribution is 2.36. The van der Waals surface area contributed by atoms with Gasteiger partial charge in [-0.05, 0) is 12.5 Å². The van der Waals surface area contributed by atoms with Gasteiger partial charge in [-0.2, -0.15) is 10.2 Å². The lowest BCUT2D eigenvalue weighted by Crippen LogP contribution is -2.21.